The molecule has 1 fully saturated rings. The first kappa shape index (κ1) is 24.5. The van der Waals surface area contributed by atoms with E-state index < -0.39 is 11.9 Å². The van der Waals surface area contributed by atoms with Gasteiger partial charge in [0.2, 0.25) is 5.91 Å². The Labute approximate surface area is 208 Å². The van der Waals surface area contributed by atoms with Crippen molar-refractivity contribution in [1.29, 1.82) is 5.26 Å². The lowest BCUT2D eigenvalue weighted by Crippen LogP contribution is -2.45. The van der Waals surface area contributed by atoms with Crippen molar-refractivity contribution in [2.75, 3.05) is 25.0 Å². The maximum atomic E-state index is 13.1. The SMILES string of the molecule is CC(NC(=O)c1cccn2c(NCC3CCCO3)c(-c3ccc(Cl)cc3)nc12)C(=O)NCCC#N. The van der Waals surface area contributed by atoms with Gasteiger partial charge in [0.25, 0.3) is 5.91 Å². The molecule has 0 radical (unpaired) electrons. The number of aromatic nitrogens is 2. The molecule has 1 aromatic carbocycles. The summed E-state index contributed by atoms with van der Waals surface area (Å²) in [7, 11) is 0. The number of nitrogens with one attached hydrogen (secondary N) is 3. The molecule has 2 amide bonds. The molecular weight excluding hydrogens is 468 g/mol. The molecule has 35 heavy (non-hydrogen) atoms. The number of hydrogen-bond acceptors (Lipinski definition) is 6. The van der Waals surface area contributed by atoms with Crippen LogP contribution in [0.5, 0.6) is 0 Å². The number of ether oxygens (including phenoxy) is 1. The van der Waals surface area contributed by atoms with Crippen LogP contribution in [0.1, 0.15) is 36.5 Å². The molecule has 2 atom stereocenters. The van der Waals surface area contributed by atoms with Gasteiger partial charge in [-0.15, -0.1) is 0 Å². The summed E-state index contributed by atoms with van der Waals surface area (Å²) < 4.78 is 7.60. The molecule has 0 bridgehead atoms. The van der Waals surface area contributed by atoms with E-state index in [-0.39, 0.29) is 25.0 Å². The van der Waals surface area contributed by atoms with E-state index in [1.807, 2.05) is 28.8 Å². The number of halogens is 1. The van der Waals surface area contributed by atoms with Crippen LogP contribution in [0.4, 0.5) is 5.82 Å². The molecule has 3 N–H and O–H groups in total. The minimum Gasteiger partial charge on any atom is -0.376 e. The van der Waals surface area contributed by atoms with Gasteiger partial charge >= 0.3 is 0 Å². The number of anilines is 1. The Hall–Kier alpha value is -3.61. The van der Waals surface area contributed by atoms with Gasteiger partial charge in [-0.2, -0.15) is 5.26 Å². The van der Waals surface area contributed by atoms with Crippen molar-refractivity contribution >= 4 is 34.9 Å². The van der Waals surface area contributed by atoms with Crippen LogP contribution in [0, 0.1) is 11.3 Å². The van der Waals surface area contributed by atoms with Gasteiger partial charge in [0, 0.05) is 36.5 Å². The maximum Gasteiger partial charge on any atom is 0.255 e. The molecule has 0 saturated carbocycles. The number of benzene rings is 1. The predicted molar refractivity (Wildman–Crippen MR) is 133 cm³/mol. The van der Waals surface area contributed by atoms with Crippen molar-refractivity contribution in [3.05, 3.63) is 53.2 Å². The van der Waals surface area contributed by atoms with Crippen molar-refractivity contribution in [2.45, 2.75) is 38.3 Å². The van der Waals surface area contributed by atoms with Gasteiger partial charge in [0.15, 0.2) is 5.65 Å². The van der Waals surface area contributed by atoms with E-state index in [1.54, 1.807) is 31.2 Å². The van der Waals surface area contributed by atoms with Gasteiger partial charge in [-0.25, -0.2) is 4.98 Å². The lowest BCUT2D eigenvalue weighted by molar-refractivity contribution is -0.122. The number of nitrogens with zero attached hydrogens (tertiary/aromatic N) is 3. The minimum absolute atomic E-state index is 0.116. The predicted octanol–water partition coefficient (Wildman–Crippen LogP) is 3.39. The van der Waals surface area contributed by atoms with Crippen LogP contribution in [0.15, 0.2) is 42.6 Å². The maximum absolute atomic E-state index is 13.1. The summed E-state index contributed by atoms with van der Waals surface area (Å²) in [4.78, 5) is 30.2. The van der Waals surface area contributed by atoms with Crippen molar-refractivity contribution in [3.63, 3.8) is 0 Å². The molecule has 1 aliphatic heterocycles. The number of amides is 2. The molecule has 1 aliphatic rings. The highest BCUT2D eigenvalue weighted by molar-refractivity contribution is 6.30. The Kier molecular flexibility index (Phi) is 7.85. The number of fused-ring (bicyclic) bond motifs is 1. The number of pyridine rings is 1. The molecule has 1 saturated heterocycles. The summed E-state index contributed by atoms with van der Waals surface area (Å²) in [6.07, 6.45) is 4.19. The Bertz CT molecular complexity index is 1240. The third kappa shape index (κ3) is 5.73. The Morgan fingerprint density at radius 1 is 1.31 bits per heavy atom. The summed E-state index contributed by atoms with van der Waals surface area (Å²) in [6, 6.07) is 12.0. The lowest BCUT2D eigenvalue weighted by Gasteiger charge is -2.15. The van der Waals surface area contributed by atoms with Crippen LogP contribution < -0.4 is 16.0 Å². The molecule has 4 rings (SSSR count). The molecule has 3 aromatic rings. The van der Waals surface area contributed by atoms with Crippen LogP contribution in [-0.2, 0) is 9.53 Å². The summed E-state index contributed by atoms with van der Waals surface area (Å²) in [5.74, 6) is -0.0312. The first-order valence-corrected chi connectivity index (χ1v) is 11.9. The van der Waals surface area contributed by atoms with Gasteiger partial charge in [0.05, 0.1) is 24.2 Å². The van der Waals surface area contributed by atoms with Crippen molar-refractivity contribution < 1.29 is 14.3 Å². The average molecular weight is 495 g/mol. The second-order valence-electron chi connectivity index (χ2n) is 8.34. The molecule has 2 aromatic heterocycles. The number of hydrogen-bond donors (Lipinski definition) is 3. The number of nitriles is 1. The van der Waals surface area contributed by atoms with Gasteiger partial charge < -0.3 is 20.7 Å². The second-order valence-corrected chi connectivity index (χ2v) is 8.78. The summed E-state index contributed by atoms with van der Waals surface area (Å²) >= 11 is 6.09. The van der Waals surface area contributed by atoms with E-state index in [4.69, 9.17) is 26.6 Å². The summed E-state index contributed by atoms with van der Waals surface area (Å²) in [5, 5.41) is 18.1. The molecule has 182 valence electrons. The topological polar surface area (TPSA) is 121 Å². The fourth-order valence-electron chi connectivity index (χ4n) is 3.97. The number of rotatable bonds is 9. The van der Waals surface area contributed by atoms with Gasteiger partial charge in [-0.3, -0.25) is 14.0 Å². The van der Waals surface area contributed by atoms with Gasteiger partial charge in [0.1, 0.15) is 17.6 Å². The zero-order chi connectivity index (χ0) is 24.8. The van der Waals surface area contributed by atoms with Crippen LogP contribution >= 0.6 is 11.6 Å². The van der Waals surface area contributed by atoms with Crippen LogP contribution in [-0.4, -0.2) is 53.0 Å². The fraction of sp³-hybridized carbons (Fsp3) is 0.360. The largest absolute Gasteiger partial charge is 0.376 e. The Balaban J connectivity index is 1.64. The van der Waals surface area contributed by atoms with Gasteiger partial charge in [-0.1, -0.05) is 23.7 Å². The smallest absolute Gasteiger partial charge is 0.255 e. The third-order valence-corrected chi connectivity index (χ3v) is 6.06. The lowest BCUT2D eigenvalue weighted by atomic mass is 10.1. The van der Waals surface area contributed by atoms with E-state index in [0.29, 0.717) is 28.5 Å². The van der Waals surface area contributed by atoms with Crippen LogP contribution in [0.2, 0.25) is 5.02 Å². The fourth-order valence-corrected chi connectivity index (χ4v) is 4.10. The Morgan fingerprint density at radius 3 is 2.83 bits per heavy atom. The number of carbonyl (C=O) groups is 2. The highest BCUT2D eigenvalue weighted by atomic mass is 35.5. The highest BCUT2D eigenvalue weighted by Gasteiger charge is 2.23. The number of carbonyl (C=O) groups excluding carboxylic acids is 2. The molecule has 9 nitrogen and oxygen atoms in total. The first-order valence-electron chi connectivity index (χ1n) is 11.6. The highest BCUT2D eigenvalue weighted by Crippen LogP contribution is 2.31. The summed E-state index contributed by atoms with van der Waals surface area (Å²) in [6.45, 7) is 3.20. The minimum atomic E-state index is -0.774. The first-order chi connectivity index (χ1) is 17.0. The molecule has 0 aliphatic carbocycles. The standard InChI is InChI=1S/C25H27ClN6O3/c1-16(24(33)28-12-4-11-27)30-25(34)20-6-2-13-32-22(20)31-21(17-7-9-18(26)10-8-17)23(32)29-15-19-5-3-14-35-19/h2,6-10,13,16,19,29H,3-5,12,14-15H2,1H3,(H,28,33)(H,30,34). The van der Waals surface area contributed by atoms with E-state index in [1.165, 1.54) is 0 Å². The number of imidazole rings is 1. The third-order valence-electron chi connectivity index (χ3n) is 5.81. The molecular formula is C25H27ClN6O3. The molecule has 3 heterocycles. The molecule has 10 heteroatoms. The molecule has 0 spiro atoms. The van der Waals surface area contributed by atoms with Crippen molar-refractivity contribution in [3.8, 4) is 17.3 Å². The zero-order valence-corrected chi connectivity index (χ0v) is 20.1. The van der Waals surface area contributed by atoms with E-state index in [9.17, 15) is 9.59 Å². The van der Waals surface area contributed by atoms with Crippen molar-refractivity contribution in [2.24, 2.45) is 0 Å². The monoisotopic (exact) mass is 494 g/mol. The van der Waals surface area contributed by atoms with E-state index in [0.717, 1.165) is 30.8 Å². The van der Waals surface area contributed by atoms with E-state index >= 15 is 0 Å². The van der Waals surface area contributed by atoms with Gasteiger partial charge in [-0.05, 0) is 44.0 Å². The van der Waals surface area contributed by atoms with E-state index in [2.05, 4.69) is 16.0 Å². The average Bonchev–Trinajstić information content (AvgIpc) is 3.51. The molecule has 2 unspecified atom stereocenters. The normalized spacial score (nSPS) is 16.0. The summed E-state index contributed by atoms with van der Waals surface area (Å²) in [5.41, 5.74) is 2.33. The zero-order valence-electron chi connectivity index (χ0n) is 19.4. The van der Waals surface area contributed by atoms with Crippen LogP contribution in [0.25, 0.3) is 16.9 Å². The van der Waals surface area contributed by atoms with Crippen molar-refractivity contribution in [1.82, 2.24) is 20.0 Å². The quantitative estimate of drug-likeness (QED) is 0.392. The second kappa shape index (κ2) is 11.2. The Morgan fingerprint density at radius 2 is 2.11 bits per heavy atom. The van der Waals surface area contributed by atoms with Crippen LogP contribution in [0.3, 0.4) is 0 Å².